The molecule has 116 valence electrons. The molecular weight excluding hydrogens is 305 g/mol. The summed E-state index contributed by atoms with van der Waals surface area (Å²) in [5, 5.41) is 1.21. The molecule has 21 heavy (non-hydrogen) atoms. The molecule has 1 aliphatic heterocycles. The third-order valence-electron chi connectivity index (χ3n) is 5.11. The number of ether oxygens (including phenoxy) is 1. The van der Waals surface area contributed by atoms with E-state index in [9.17, 15) is 0 Å². The fourth-order valence-electron chi connectivity index (χ4n) is 3.90. The summed E-state index contributed by atoms with van der Waals surface area (Å²) < 4.78 is 6.10. The lowest BCUT2D eigenvalue weighted by Gasteiger charge is -2.40. The van der Waals surface area contributed by atoms with Crippen molar-refractivity contribution in [2.24, 2.45) is 11.7 Å². The van der Waals surface area contributed by atoms with Crippen LogP contribution in [0.1, 0.15) is 44.1 Å². The number of rotatable bonds is 3. The molecule has 1 spiro atoms. The summed E-state index contributed by atoms with van der Waals surface area (Å²) in [6.07, 6.45) is 8.08. The summed E-state index contributed by atoms with van der Waals surface area (Å²) in [6, 6.07) is 5.99. The second kappa shape index (κ2) is 6.45. The van der Waals surface area contributed by atoms with Crippen molar-refractivity contribution in [3.8, 4) is 0 Å². The van der Waals surface area contributed by atoms with Crippen molar-refractivity contribution < 1.29 is 4.74 Å². The van der Waals surface area contributed by atoms with Gasteiger partial charge in [-0.3, -0.25) is 0 Å². The van der Waals surface area contributed by atoms with E-state index in [1.165, 1.54) is 31.2 Å². The maximum absolute atomic E-state index is 6.49. The van der Waals surface area contributed by atoms with Crippen molar-refractivity contribution in [2.75, 3.05) is 6.61 Å². The number of hydrogen-bond acceptors (Lipinski definition) is 2. The first kappa shape index (κ1) is 15.6. The van der Waals surface area contributed by atoms with Crippen LogP contribution in [0.4, 0.5) is 0 Å². The van der Waals surface area contributed by atoms with Gasteiger partial charge >= 0.3 is 0 Å². The molecule has 4 heteroatoms. The third kappa shape index (κ3) is 3.56. The Balaban J connectivity index is 1.64. The van der Waals surface area contributed by atoms with Crippen molar-refractivity contribution in [1.29, 1.82) is 0 Å². The number of nitrogens with two attached hydrogens (primary N) is 1. The molecule has 1 saturated carbocycles. The molecule has 2 aliphatic rings. The molecule has 1 saturated heterocycles. The van der Waals surface area contributed by atoms with Crippen LogP contribution in [0, 0.1) is 5.92 Å². The molecule has 0 aromatic heterocycles. The number of hydrogen-bond donors (Lipinski definition) is 1. The summed E-state index contributed by atoms with van der Waals surface area (Å²) in [5.41, 5.74) is 7.80. The molecule has 1 aromatic carbocycles. The van der Waals surface area contributed by atoms with Crippen molar-refractivity contribution >= 4 is 23.2 Å². The Morgan fingerprint density at radius 3 is 2.71 bits per heavy atom. The molecule has 2 unspecified atom stereocenters. The second-order valence-corrected chi connectivity index (χ2v) is 7.42. The van der Waals surface area contributed by atoms with E-state index in [0.717, 1.165) is 25.9 Å². The first-order valence-corrected chi connectivity index (χ1v) is 8.67. The molecular formula is C17H23Cl2NO. The van der Waals surface area contributed by atoms with Crippen LogP contribution in [0.2, 0.25) is 10.0 Å². The normalized spacial score (nSPS) is 26.1. The van der Waals surface area contributed by atoms with Gasteiger partial charge in [0.05, 0.1) is 15.6 Å². The van der Waals surface area contributed by atoms with Gasteiger partial charge in [0.1, 0.15) is 0 Å². The van der Waals surface area contributed by atoms with Gasteiger partial charge in [-0.1, -0.05) is 42.1 Å². The Bertz CT molecular complexity index is 500. The smallest absolute Gasteiger partial charge is 0.0685 e. The summed E-state index contributed by atoms with van der Waals surface area (Å²) in [6.45, 7) is 0.861. The van der Waals surface area contributed by atoms with Gasteiger partial charge in [0.25, 0.3) is 0 Å². The van der Waals surface area contributed by atoms with E-state index in [2.05, 4.69) is 0 Å². The lowest BCUT2D eigenvalue weighted by atomic mass is 9.79. The fraction of sp³-hybridized carbons (Fsp3) is 0.647. The highest BCUT2D eigenvalue weighted by Crippen LogP contribution is 2.43. The van der Waals surface area contributed by atoms with Crippen LogP contribution >= 0.6 is 23.2 Å². The summed E-state index contributed by atoms with van der Waals surface area (Å²) in [4.78, 5) is 0. The lowest BCUT2D eigenvalue weighted by Crippen LogP contribution is -2.44. The first-order chi connectivity index (χ1) is 10.1. The Labute approximate surface area is 136 Å². The average molecular weight is 328 g/mol. The quantitative estimate of drug-likeness (QED) is 0.880. The van der Waals surface area contributed by atoms with E-state index in [-0.39, 0.29) is 11.6 Å². The maximum atomic E-state index is 6.49. The van der Waals surface area contributed by atoms with Gasteiger partial charge in [-0.25, -0.2) is 0 Å². The molecule has 3 rings (SSSR count). The average Bonchev–Trinajstić information content (AvgIpc) is 2.91. The molecule has 1 heterocycles. The van der Waals surface area contributed by atoms with Crippen molar-refractivity contribution in [2.45, 2.75) is 56.6 Å². The summed E-state index contributed by atoms with van der Waals surface area (Å²) in [5.74, 6) is 0.548. The molecule has 0 radical (unpaired) electrons. The van der Waals surface area contributed by atoms with Crippen molar-refractivity contribution in [1.82, 2.24) is 0 Å². The van der Waals surface area contributed by atoms with Crippen LogP contribution in [0.15, 0.2) is 18.2 Å². The summed E-state index contributed by atoms with van der Waals surface area (Å²) >= 11 is 12.1. The maximum Gasteiger partial charge on any atom is 0.0685 e. The highest BCUT2D eigenvalue weighted by atomic mass is 35.5. The lowest BCUT2D eigenvalue weighted by molar-refractivity contribution is -0.0960. The molecule has 2 nitrogen and oxygen atoms in total. The van der Waals surface area contributed by atoms with Crippen LogP contribution in [0.3, 0.4) is 0 Å². The Hall–Kier alpha value is -0.280. The van der Waals surface area contributed by atoms with E-state index < -0.39 is 0 Å². The standard InChI is InChI=1S/C17H23Cl2NO/c18-14-4-3-12(9-15(14)19)10-16(20)13-5-8-21-17(11-13)6-1-2-7-17/h3-4,9,13,16H,1-2,5-8,10-11,20H2. The number of halogens is 2. The van der Waals surface area contributed by atoms with E-state index in [1.807, 2.05) is 18.2 Å². The van der Waals surface area contributed by atoms with Crippen LogP contribution in [0.5, 0.6) is 0 Å². The van der Waals surface area contributed by atoms with E-state index in [1.54, 1.807) is 0 Å². The van der Waals surface area contributed by atoms with Crippen molar-refractivity contribution in [3.63, 3.8) is 0 Å². The Morgan fingerprint density at radius 2 is 2.00 bits per heavy atom. The van der Waals surface area contributed by atoms with E-state index >= 15 is 0 Å². The van der Waals surface area contributed by atoms with Gasteiger partial charge in [-0.05, 0) is 55.7 Å². The van der Waals surface area contributed by atoms with Gasteiger partial charge < -0.3 is 10.5 Å². The zero-order chi connectivity index (χ0) is 14.9. The molecule has 2 fully saturated rings. The molecule has 0 bridgehead atoms. The topological polar surface area (TPSA) is 35.2 Å². The molecule has 2 N–H and O–H groups in total. The summed E-state index contributed by atoms with van der Waals surface area (Å²) in [7, 11) is 0. The Kier molecular flexibility index (Phi) is 4.80. The molecule has 0 amide bonds. The van der Waals surface area contributed by atoms with Crippen LogP contribution < -0.4 is 5.73 Å². The second-order valence-electron chi connectivity index (χ2n) is 6.61. The zero-order valence-electron chi connectivity index (χ0n) is 12.3. The SMILES string of the molecule is NC(Cc1ccc(Cl)c(Cl)c1)C1CCOC2(CCCC2)C1. The minimum Gasteiger partial charge on any atom is -0.375 e. The van der Waals surface area contributed by atoms with Gasteiger partial charge in [-0.2, -0.15) is 0 Å². The largest absolute Gasteiger partial charge is 0.375 e. The van der Waals surface area contributed by atoms with Gasteiger partial charge in [0.2, 0.25) is 0 Å². The van der Waals surface area contributed by atoms with Gasteiger partial charge in [-0.15, -0.1) is 0 Å². The third-order valence-corrected chi connectivity index (χ3v) is 5.85. The minimum absolute atomic E-state index is 0.137. The molecule has 2 atom stereocenters. The zero-order valence-corrected chi connectivity index (χ0v) is 13.8. The monoisotopic (exact) mass is 327 g/mol. The van der Waals surface area contributed by atoms with E-state index in [4.69, 9.17) is 33.7 Å². The predicted molar refractivity (Wildman–Crippen MR) is 88.0 cm³/mol. The highest BCUT2D eigenvalue weighted by Gasteiger charge is 2.41. The van der Waals surface area contributed by atoms with Crippen LogP contribution in [0.25, 0.3) is 0 Å². The van der Waals surface area contributed by atoms with Crippen LogP contribution in [-0.2, 0) is 11.2 Å². The van der Waals surface area contributed by atoms with Crippen LogP contribution in [-0.4, -0.2) is 18.2 Å². The number of benzene rings is 1. The molecule has 1 aromatic rings. The fourth-order valence-corrected chi connectivity index (χ4v) is 4.22. The Morgan fingerprint density at radius 1 is 1.24 bits per heavy atom. The van der Waals surface area contributed by atoms with Gasteiger partial charge in [0, 0.05) is 12.6 Å². The first-order valence-electron chi connectivity index (χ1n) is 7.91. The van der Waals surface area contributed by atoms with Crippen molar-refractivity contribution in [3.05, 3.63) is 33.8 Å². The van der Waals surface area contributed by atoms with E-state index in [0.29, 0.717) is 16.0 Å². The molecule has 1 aliphatic carbocycles. The predicted octanol–water partition coefficient (Wildman–Crippen LogP) is 4.60. The highest BCUT2D eigenvalue weighted by molar-refractivity contribution is 6.42. The van der Waals surface area contributed by atoms with Gasteiger partial charge in [0.15, 0.2) is 0 Å². The minimum atomic E-state index is 0.137.